The number of nitrogens with one attached hydrogen (secondary N) is 1. The summed E-state index contributed by atoms with van der Waals surface area (Å²) in [7, 11) is 0. The average Bonchev–Trinajstić information content (AvgIpc) is 2.56. The first-order valence-electron chi connectivity index (χ1n) is 7.42. The van der Waals surface area contributed by atoms with E-state index in [1.165, 1.54) is 49.4 Å². The van der Waals surface area contributed by atoms with E-state index < -0.39 is 29.7 Å². The second-order valence-electron chi connectivity index (χ2n) is 5.28. The van der Waals surface area contributed by atoms with Gasteiger partial charge in [-0.1, -0.05) is 18.2 Å². The molecule has 2 aromatic carbocycles. The van der Waals surface area contributed by atoms with Gasteiger partial charge in [0.1, 0.15) is 17.6 Å². The van der Waals surface area contributed by atoms with E-state index in [0.717, 1.165) is 0 Å². The van der Waals surface area contributed by atoms with Gasteiger partial charge in [0.15, 0.2) is 0 Å². The van der Waals surface area contributed by atoms with Crippen LogP contribution in [-0.4, -0.2) is 29.0 Å². The zero-order valence-corrected chi connectivity index (χ0v) is 13.4. The fourth-order valence-electron chi connectivity index (χ4n) is 2.17. The molecule has 2 N–H and O–H groups in total. The van der Waals surface area contributed by atoms with Gasteiger partial charge in [-0.25, -0.2) is 9.18 Å². The number of carboxylic acids is 1. The second-order valence-corrected chi connectivity index (χ2v) is 5.28. The lowest BCUT2D eigenvalue weighted by Crippen LogP contribution is -2.42. The SMILES string of the molecule is CC(=O)Oc1ccc(C(=O)N[C@@H](Cc2ccccc2F)C(=O)O)cc1. The lowest BCUT2D eigenvalue weighted by atomic mass is 10.0. The van der Waals surface area contributed by atoms with Crippen molar-refractivity contribution < 1.29 is 28.6 Å². The highest BCUT2D eigenvalue weighted by Crippen LogP contribution is 2.13. The molecule has 0 saturated carbocycles. The molecule has 0 saturated heterocycles. The van der Waals surface area contributed by atoms with Gasteiger partial charge in [0, 0.05) is 18.9 Å². The molecule has 2 aromatic rings. The minimum absolute atomic E-state index is 0.181. The fraction of sp³-hybridized carbons (Fsp3) is 0.167. The first-order valence-corrected chi connectivity index (χ1v) is 7.42. The first kappa shape index (κ1) is 18.1. The highest BCUT2D eigenvalue weighted by Gasteiger charge is 2.22. The zero-order chi connectivity index (χ0) is 18.4. The van der Waals surface area contributed by atoms with Crippen LogP contribution in [0.2, 0.25) is 0 Å². The van der Waals surface area contributed by atoms with Crippen molar-refractivity contribution in [1.29, 1.82) is 0 Å². The van der Waals surface area contributed by atoms with Gasteiger partial charge in [-0.15, -0.1) is 0 Å². The molecule has 0 aliphatic carbocycles. The summed E-state index contributed by atoms with van der Waals surface area (Å²) in [6.45, 7) is 1.25. The molecule has 0 heterocycles. The molecular weight excluding hydrogens is 329 g/mol. The van der Waals surface area contributed by atoms with E-state index in [4.69, 9.17) is 4.74 Å². The third-order valence-corrected chi connectivity index (χ3v) is 3.36. The normalized spacial score (nSPS) is 11.4. The molecule has 0 spiro atoms. The number of carbonyl (C=O) groups is 3. The van der Waals surface area contributed by atoms with Gasteiger partial charge in [-0.05, 0) is 35.9 Å². The molecule has 130 valence electrons. The van der Waals surface area contributed by atoms with E-state index in [1.54, 1.807) is 6.07 Å². The number of benzene rings is 2. The summed E-state index contributed by atoms with van der Waals surface area (Å²) in [4.78, 5) is 34.4. The number of carbonyl (C=O) groups excluding carboxylic acids is 2. The quantitative estimate of drug-likeness (QED) is 0.618. The monoisotopic (exact) mass is 345 g/mol. The van der Waals surface area contributed by atoms with Crippen molar-refractivity contribution in [3.63, 3.8) is 0 Å². The third-order valence-electron chi connectivity index (χ3n) is 3.36. The largest absolute Gasteiger partial charge is 0.480 e. The zero-order valence-electron chi connectivity index (χ0n) is 13.4. The van der Waals surface area contributed by atoms with Crippen LogP contribution in [0.15, 0.2) is 48.5 Å². The summed E-state index contributed by atoms with van der Waals surface area (Å²) in [5.41, 5.74) is 0.385. The van der Waals surface area contributed by atoms with Crippen LogP contribution in [0.1, 0.15) is 22.8 Å². The van der Waals surface area contributed by atoms with Gasteiger partial charge in [0.2, 0.25) is 0 Å². The molecule has 25 heavy (non-hydrogen) atoms. The lowest BCUT2D eigenvalue weighted by Gasteiger charge is -2.15. The number of ether oxygens (including phenoxy) is 1. The van der Waals surface area contributed by atoms with E-state index >= 15 is 0 Å². The molecule has 6 nitrogen and oxygen atoms in total. The summed E-state index contributed by atoms with van der Waals surface area (Å²) in [5, 5.41) is 11.6. The van der Waals surface area contributed by atoms with Crippen molar-refractivity contribution in [3.8, 4) is 5.75 Å². The number of amides is 1. The standard InChI is InChI=1S/C18H16FNO5/c1-11(21)25-14-8-6-12(7-9-14)17(22)20-16(18(23)24)10-13-4-2-3-5-15(13)19/h2-9,16H,10H2,1H3,(H,20,22)(H,23,24)/t16-/m0/s1. The van der Waals surface area contributed by atoms with E-state index in [0.29, 0.717) is 0 Å². The van der Waals surface area contributed by atoms with Crippen LogP contribution < -0.4 is 10.1 Å². The number of aliphatic carboxylic acids is 1. The van der Waals surface area contributed by atoms with Crippen LogP contribution in [-0.2, 0) is 16.0 Å². The van der Waals surface area contributed by atoms with Gasteiger partial charge >= 0.3 is 11.9 Å². The Morgan fingerprint density at radius 2 is 1.76 bits per heavy atom. The predicted octanol–water partition coefficient (Wildman–Crippen LogP) is 2.18. The molecule has 7 heteroatoms. The van der Waals surface area contributed by atoms with Crippen molar-refractivity contribution in [1.82, 2.24) is 5.32 Å². The lowest BCUT2D eigenvalue weighted by molar-refractivity contribution is -0.139. The van der Waals surface area contributed by atoms with Gasteiger partial charge < -0.3 is 15.2 Å². The van der Waals surface area contributed by atoms with E-state index in [-0.39, 0.29) is 23.3 Å². The molecule has 1 amide bonds. The van der Waals surface area contributed by atoms with Gasteiger partial charge in [-0.2, -0.15) is 0 Å². The highest BCUT2D eigenvalue weighted by molar-refractivity contribution is 5.96. The topological polar surface area (TPSA) is 92.7 Å². The van der Waals surface area contributed by atoms with Crippen LogP contribution in [0.3, 0.4) is 0 Å². The molecule has 1 atom stereocenters. The Bertz CT molecular complexity index is 788. The maximum Gasteiger partial charge on any atom is 0.326 e. The predicted molar refractivity (Wildman–Crippen MR) is 86.7 cm³/mol. The van der Waals surface area contributed by atoms with Crippen LogP contribution in [0.25, 0.3) is 0 Å². The molecule has 0 bridgehead atoms. The molecule has 0 aromatic heterocycles. The van der Waals surface area contributed by atoms with E-state index in [9.17, 15) is 23.9 Å². The van der Waals surface area contributed by atoms with E-state index in [2.05, 4.69) is 5.32 Å². The number of esters is 1. The summed E-state index contributed by atoms with van der Waals surface area (Å²) >= 11 is 0. The highest BCUT2D eigenvalue weighted by atomic mass is 19.1. The number of rotatable bonds is 6. The summed E-state index contributed by atoms with van der Waals surface area (Å²) in [6.07, 6.45) is -0.181. The van der Waals surface area contributed by atoms with Crippen LogP contribution >= 0.6 is 0 Å². The number of carboxylic acid groups (broad SMARTS) is 1. The molecule has 0 aliphatic heterocycles. The summed E-state index contributed by atoms with van der Waals surface area (Å²) in [5.74, 6) is -2.65. The van der Waals surface area contributed by atoms with Crippen molar-refractivity contribution in [2.45, 2.75) is 19.4 Å². The Labute approximate surface area is 143 Å². The third kappa shape index (κ3) is 5.13. The Kier molecular flexibility index (Phi) is 5.84. The molecular formula is C18H16FNO5. The first-order chi connectivity index (χ1) is 11.9. The Hall–Kier alpha value is -3.22. The van der Waals surface area contributed by atoms with Crippen LogP contribution in [0, 0.1) is 5.82 Å². The van der Waals surface area contributed by atoms with Crippen molar-refractivity contribution >= 4 is 17.8 Å². The molecule has 0 fully saturated rings. The minimum atomic E-state index is -1.28. The Morgan fingerprint density at radius 3 is 2.32 bits per heavy atom. The molecule has 2 rings (SSSR count). The number of hydrogen-bond acceptors (Lipinski definition) is 4. The summed E-state index contributed by atoms with van der Waals surface area (Å²) < 4.78 is 18.5. The van der Waals surface area contributed by atoms with Gasteiger partial charge in [-0.3, -0.25) is 9.59 Å². The Balaban J connectivity index is 2.08. The maximum absolute atomic E-state index is 13.7. The van der Waals surface area contributed by atoms with E-state index in [1.807, 2.05) is 0 Å². The molecule has 0 aliphatic rings. The minimum Gasteiger partial charge on any atom is -0.480 e. The van der Waals surface area contributed by atoms with Gasteiger partial charge in [0.25, 0.3) is 5.91 Å². The van der Waals surface area contributed by atoms with Crippen molar-refractivity contribution in [2.75, 3.05) is 0 Å². The number of hydrogen-bond donors (Lipinski definition) is 2. The van der Waals surface area contributed by atoms with Gasteiger partial charge in [0.05, 0.1) is 0 Å². The second kappa shape index (κ2) is 8.05. The molecule has 0 radical (unpaired) electrons. The smallest absolute Gasteiger partial charge is 0.326 e. The average molecular weight is 345 g/mol. The van der Waals surface area contributed by atoms with Crippen LogP contribution in [0.4, 0.5) is 4.39 Å². The molecule has 0 unspecified atom stereocenters. The maximum atomic E-state index is 13.7. The van der Waals surface area contributed by atoms with Crippen molar-refractivity contribution in [2.24, 2.45) is 0 Å². The fourth-order valence-corrected chi connectivity index (χ4v) is 2.17. The summed E-state index contributed by atoms with van der Waals surface area (Å²) in [6, 6.07) is 10.1. The van der Waals surface area contributed by atoms with Crippen LogP contribution in [0.5, 0.6) is 5.75 Å². The van der Waals surface area contributed by atoms with Crippen molar-refractivity contribution in [3.05, 3.63) is 65.5 Å². The number of halogens is 1. The Morgan fingerprint density at radius 1 is 1.12 bits per heavy atom.